The minimum Gasteiger partial charge on any atom is -0.456 e. The lowest BCUT2D eigenvalue weighted by atomic mass is 9.91. The van der Waals surface area contributed by atoms with E-state index < -0.39 is 48.4 Å². The van der Waals surface area contributed by atoms with Crippen molar-refractivity contribution in [3.8, 4) is 0 Å². The van der Waals surface area contributed by atoms with Crippen LogP contribution in [0.25, 0.3) is 0 Å². The van der Waals surface area contributed by atoms with Crippen LogP contribution in [-0.2, 0) is 38.1 Å². The van der Waals surface area contributed by atoms with Crippen LogP contribution in [0.5, 0.6) is 0 Å². The van der Waals surface area contributed by atoms with E-state index in [4.69, 9.17) is 18.9 Å². The third kappa shape index (κ3) is 5.31. The van der Waals surface area contributed by atoms with Crippen molar-refractivity contribution < 1.29 is 38.1 Å². The fourth-order valence-electron chi connectivity index (χ4n) is 2.60. The molecule has 1 aliphatic rings. The van der Waals surface area contributed by atoms with E-state index in [1.807, 2.05) is 0 Å². The molecule has 0 aromatic heterocycles. The quantitative estimate of drug-likeness (QED) is 0.395. The predicted molar refractivity (Wildman–Crippen MR) is 76.3 cm³/mol. The van der Waals surface area contributed by atoms with Crippen LogP contribution in [-0.4, -0.2) is 54.7 Å². The summed E-state index contributed by atoms with van der Waals surface area (Å²) in [5.74, 6) is -1.82. The molecule has 0 N–H and O–H groups in total. The SMILES string of the molecule is CC[C@H]1O[C@H](CC=O)[C@H](OC(C)=O)[C@@H](OC(C)=O)[C@H]1OC(C)=O. The Labute approximate surface area is 134 Å². The van der Waals surface area contributed by atoms with E-state index in [2.05, 4.69) is 0 Å². The molecule has 23 heavy (non-hydrogen) atoms. The average molecular weight is 330 g/mol. The lowest BCUT2D eigenvalue weighted by molar-refractivity contribution is -0.246. The minimum atomic E-state index is -1.04. The van der Waals surface area contributed by atoms with Crippen molar-refractivity contribution in [3.63, 3.8) is 0 Å². The molecule has 5 atom stereocenters. The van der Waals surface area contributed by atoms with E-state index in [0.717, 1.165) is 0 Å². The summed E-state index contributed by atoms with van der Waals surface area (Å²) < 4.78 is 21.4. The summed E-state index contributed by atoms with van der Waals surface area (Å²) in [5, 5.41) is 0. The zero-order valence-electron chi connectivity index (χ0n) is 13.6. The highest BCUT2D eigenvalue weighted by molar-refractivity contribution is 5.68. The fraction of sp³-hybridized carbons (Fsp3) is 0.733. The van der Waals surface area contributed by atoms with E-state index in [1.54, 1.807) is 6.92 Å². The van der Waals surface area contributed by atoms with Crippen LogP contribution in [0.15, 0.2) is 0 Å². The summed E-state index contributed by atoms with van der Waals surface area (Å²) in [4.78, 5) is 45.0. The van der Waals surface area contributed by atoms with E-state index in [1.165, 1.54) is 20.8 Å². The standard InChI is InChI=1S/C15H22O8/c1-5-11-13(20-8(2)17)15(22-10(4)19)14(21-9(3)18)12(23-11)6-7-16/h7,11-15H,5-6H2,1-4H3/t11-,12-,13+,14+,15+/m1/s1. The largest absolute Gasteiger partial charge is 0.456 e. The van der Waals surface area contributed by atoms with E-state index in [9.17, 15) is 19.2 Å². The van der Waals surface area contributed by atoms with Crippen LogP contribution >= 0.6 is 0 Å². The van der Waals surface area contributed by atoms with E-state index in [0.29, 0.717) is 12.7 Å². The monoisotopic (exact) mass is 330 g/mol. The molecule has 1 aliphatic heterocycles. The molecule has 0 spiro atoms. The van der Waals surface area contributed by atoms with Crippen LogP contribution in [0.4, 0.5) is 0 Å². The molecular formula is C15H22O8. The molecule has 0 aromatic rings. The van der Waals surface area contributed by atoms with Gasteiger partial charge in [-0.1, -0.05) is 6.92 Å². The molecule has 0 saturated carbocycles. The van der Waals surface area contributed by atoms with Crippen LogP contribution in [0.2, 0.25) is 0 Å². The van der Waals surface area contributed by atoms with Crippen molar-refractivity contribution in [1.29, 1.82) is 0 Å². The van der Waals surface area contributed by atoms with Crippen molar-refractivity contribution in [2.24, 2.45) is 0 Å². The van der Waals surface area contributed by atoms with Crippen molar-refractivity contribution in [2.45, 2.75) is 71.1 Å². The maximum absolute atomic E-state index is 11.4. The summed E-state index contributed by atoms with van der Waals surface area (Å²) in [6.07, 6.45) is -3.31. The van der Waals surface area contributed by atoms with Gasteiger partial charge in [0.1, 0.15) is 12.4 Å². The van der Waals surface area contributed by atoms with E-state index >= 15 is 0 Å². The van der Waals surface area contributed by atoms with E-state index in [-0.39, 0.29) is 6.42 Å². The molecule has 0 amide bonds. The highest BCUT2D eigenvalue weighted by Gasteiger charge is 2.50. The molecule has 1 rings (SSSR count). The van der Waals surface area contributed by atoms with Gasteiger partial charge in [-0.2, -0.15) is 0 Å². The van der Waals surface area contributed by atoms with Gasteiger partial charge in [0.05, 0.1) is 6.10 Å². The zero-order chi connectivity index (χ0) is 17.6. The number of rotatable bonds is 6. The van der Waals surface area contributed by atoms with Crippen molar-refractivity contribution >= 4 is 24.2 Å². The molecule has 0 unspecified atom stereocenters. The molecule has 1 saturated heterocycles. The van der Waals surface area contributed by atoms with Gasteiger partial charge < -0.3 is 23.7 Å². The summed E-state index contributed by atoms with van der Waals surface area (Å²) >= 11 is 0. The Bertz CT molecular complexity index is 460. The highest BCUT2D eigenvalue weighted by Crippen LogP contribution is 2.31. The second-order valence-electron chi connectivity index (χ2n) is 5.25. The van der Waals surface area contributed by atoms with Gasteiger partial charge in [0.25, 0.3) is 0 Å². The van der Waals surface area contributed by atoms with Crippen molar-refractivity contribution in [1.82, 2.24) is 0 Å². The first kappa shape index (κ1) is 19.1. The summed E-state index contributed by atoms with van der Waals surface area (Å²) in [6, 6.07) is 0. The second-order valence-corrected chi connectivity index (χ2v) is 5.25. The molecule has 0 radical (unpaired) electrons. The highest BCUT2D eigenvalue weighted by atomic mass is 16.6. The molecule has 1 fully saturated rings. The van der Waals surface area contributed by atoms with Crippen LogP contribution in [0, 0.1) is 0 Å². The van der Waals surface area contributed by atoms with Crippen molar-refractivity contribution in [3.05, 3.63) is 0 Å². The molecule has 0 bridgehead atoms. The van der Waals surface area contributed by atoms with Gasteiger partial charge in [0.2, 0.25) is 0 Å². The Balaban J connectivity index is 3.19. The number of aldehydes is 1. The first-order valence-electron chi connectivity index (χ1n) is 7.40. The maximum atomic E-state index is 11.4. The summed E-state index contributed by atoms with van der Waals surface area (Å²) in [6.45, 7) is 5.41. The lowest BCUT2D eigenvalue weighted by Crippen LogP contribution is -2.61. The predicted octanol–water partition coefficient (Wildman–Crippen LogP) is 0.548. The fourth-order valence-corrected chi connectivity index (χ4v) is 2.60. The van der Waals surface area contributed by atoms with Crippen LogP contribution < -0.4 is 0 Å². The number of hydrogen-bond acceptors (Lipinski definition) is 8. The summed E-state index contributed by atoms with van der Waals surface area (Å²) in [7, 11) is 0. The first-order valence-corrected chi connectivity index (χ1v) is 7.40. The van der Waals surface area contributed by atoms with Gasteiger partial charge >= 0.3 is 17.9 Å². The lowest BCUT2D eigenvalue weighted by Gasteiger charge is -2.44. The zero-order valence-corrected chi connectivity index (χ0v) is 13.6. The Hall–Kier alpha value is -1.96. The molecular weight excluding hydrogens is 308 g/mol. The Morgan fingerprint density at radius 2 is 1.30 bits per heavy atom. The van der Waals surface area contributed by atoms with Crippen molar-refractivity contribution in [2.75, 3.05) is 0 Å². The Morgan fingerprint density at radius 3 is 1.70 bits per heavy atom. The first-order chi connectivity index (χ1) is 10.8. The number of hydrogen-bond donors (Lipinski definition) is 0. The van der Waals surface area contributed by atoms with Gasteiger partial charge in [0.15, 0.2) is 18.3 Å². The number of carbonyl (C=O) groups is 4. The van der Waals surface area contributed by atoms with Gasteiger partial charge in [-0.05, 0) is 6.42 Å². The minimum absolute atomic E-state index is 0.0427. The average Bonchev–Trinajstić information content (AvgIpc) is 2.43. The van der Waals surface area contributed by atoms with Crippen LogP contribution in [0.1, 0.15) is 40.5 Å². The molecule has 130 valence electrons. The number of carbonyl (C=O) groups excluding carboxylic acids is 4. The van der Waals surface area contributed by atoms with Gasteiger partial charge in [-0.15, -0.1) is 0 Å². The molecule has 0 aliphatic carbocycles. The topological polar surface area (TPSA) is 105 Å². The molecule has 1 heterocycles. The number of esters is 3. The Morgan fingerprint density at radius 1 is 0.870 bits per heavy atom. The van der Waals surface area contributed by atoms with Gasteiger partial charge in [-0.25, -0.2) is 0 Å². The third-order valence-corrected chi connectivity index (χ3v) is 3.37. The maximum Gasteiger partial charge on any atom is 0.303 e. The third-order valence-electron chi connectivity index (χ3n) is 3.37. The smallest absolute Gasteiger partial charge is 0.303 e. The molecule has 8 nitrogen and oxygen atoms in total. The second kappa shape index (κ2) is 8.61. The summed E-state index contributed by atoms with van der Waals surface area (Å²) in [5.41, 5.74) is 0. The van der Waals surface area contributed by atoms with Gasteiger partial charge in [-0.3, -0.25) is 14.4 Å². The molecule has 0 aromatic carbocycles. The number of ether oxygens (including phenoxy) is 4. The Kier molecular flexibility index (Phi) is 7.15. The molecule has 8 heteroatoms. The van der Waals surface area contributed by atoms with Crippen LogP contribution in [0.3, 0.4) is 0 Å². The van der Waals surface area contributed by atoms with Gasteiger partial charge in [0, 0.05) is 27.2 Å². The normalized spacial score (nSPS) is 30.2.